The van der Waals surface area contributed by atoms with Gasteiger partial charge in [0.25, 0.3) is 0 Å². The second-order valence-corrected chi connectivity index (χ2v) is 4.76. The number of rotatable bonds is 1. The summed E-state index contributed by atoms with van der Waals surface area (Å²) in [6, 6.07) is 6.21. The molecule has 1 aromatic carbocycles. The second-order valence-electron chi connectivity index (χ2n) is 3.49. The summed E-state index contributed by atoms with van der Waals surface area (Å²) in [5, 5.41) is 6.12. The number of benzene rings is 1. The van der Waals surface area contributed by atoms with Crippen LogP contribution >= 0.6 is 27.5 Å². The molecule has 14 heavy (non-hydrogen) atoms. The molecule has 0 atom stereocenters. The second kappa shape index (κ2) is 3.55. The van der Waals surface area contributed by atoms with Gasteiger partial charge in [-0.25, -0.2) is 0 Å². The first kappa shape index (κ1) is 9.99. The molecule has 2 rings (SSSR count). The molecule has 0 aliphatic rings. The zero-order chi connectivity index (χ0) is 10.3. The number of hydrogen-bond acceptors (Lipinski definition) is 1. The van der Waals surface area contributed by atoms with Crippen molar-refractivity contribution in [2.75, 3.05) is 0 Å². The monoisotopic (exact) mass is 272 g/mol. The van der Waals surface area contributed by atoms with Gasteiger partial charge in [0.15, 0.2) is 0 Å². The fraction of sp³-hybridized carbons (Fsp3) is 0.300. The van der Waals surface area contributed by atoms with E-state index in [1.54, 1.807) is 0 Å². The fourth-order valence-electron chi connectivity index (χ4n) is 1.39. The van der Waals surface area contributed by atoms with Gasteiger partial charge in [0.2, 0.25) is 0 Å². The predicted molar refractivity (Wildman–Crippen MR) is 62.8 cm³/mol. The molecule has 0 radical (unpaired) electrons. The van der Waals surface area contributed by atoms with Gasteiger partial charge in [0.05, 0.1) is 5.52 Å². The summed E-state index contributed by atoms with van der Waals surface area (Å²) < 4.78 is 2.86. The molecule has 0 bridgehead atoms. The minimum Gasteiger partial charge on any atom is -0.250 e. The van der Waals surface area contributed by atoms with Crippen molar-refractivity contribution in [1.82, 2.24) is 9.78 Å². The largest absolute Gasteiger partial charge is 0.250 e. The average molecular weight is 274 g/mol. The van der Waals surface area contributed by atoms with Crippen molar-refractivity contribution < 1.29 is 0 Å². The topological polar surface area (TPSA) is 17.8 Å². The van der Waals surface area contributed by atoms with Crippen molar-refractivity contribution in [3.05, 3.63) is 27.8 Å². The lowest BCUT2D eigenvalue weighted by Crippen LogP contribution is -2.01. The van der Waals surface area contributed by atoms with Crippen molar-refractivity contribution in [2.45, 2.75) is 19.9 Å². The van der Waals surface area contributed by atoms with Crippen LogP contribution in [0.15, 0.2) is 22.7 Å². The predicted octanol–water partition coefficient (Wildman–Crippen LogP) is 4.03. The minimum absolute atomic E-state index is 0.286. The minimum atomic E-state index is 0.286. The quantitative estimate of drug-likeness (QED) is 0.767. The summed E-state index contributed by atoms with van der Waals surface area (Å²) in [5.41, 5.74) is 0.937. The molecule has 0 aliphatic heterocycles. The highest BCUT2D eigenvalue weighted by Crippen LogP contribution is 2.28. The molecule has 0 fully saturated rings. The summed E-state index contributed by atoms with van der Waals surface area (Å²) in [5.74, 6) is 0. The Morgan fingerprint density at radius 3 is 2.79 bits per heavy atom. The first-order valence-corrected chi connectivity index (χ1v) is 5.60. The Kier molecular flexibility index (Phi) is 2.54. The molecular weight excluding hydrogens is 263 g/mol. The van der Waals surface area contributed by atoms with Gasteiger partial charge in [-0.3, -0.25) is 4.68 Å². The molecule has 0 spiro atoms. The van der Waals surface area contributed by atoms with E-state index in [9.17, 15) is 0 Å². The van der Waals surface area contributed by atoms with E-state index in [0.717, 1.165) is 15.4 Å². The number of fused-ring (bicyclic) bond motifs is 1. The van der Waals surface area contributed by atoms with Crippen molar-refractivity contribution in [3.63, 3.8) is 0 Å². The van der Waals surface area contributed by atoms with Crippen molar-refractivity contribution in [2.24, 2.45) is 0 Å². The number of hydrogen-bond donors (Lipinski definition) is 0. The summed E-state index contributed by atoms with van der Waals surface area (Å²) in [6.07, 6.45) is 0. The van der Waals surface area contributed by atoms with Crippen LogP contribution < -0.4 is 0 Å². The van der Waals surface area contributed by atoms with Gasteiger partial charge in [-0.05, 0) is 32.0 Å². The Morgan fingerprint density at radius 1 is 1.43 bits per heavy atom. The highest BCUT2D eigenvalue weighted by molar-refractivity contribution is 9.10. The van der Waals surface area contributed by atoms with Gasteiger partial charge in [-0.1, -0.05) is 27.5 Å². The number of nitrogens with zero attached hydrogens (tertiary/aromatic N) is 2. The molecule has 74 valence electrons. The maximum atomic E-state index is 6.20. The van der Waals surface area contributed by atoms with Crippen LogP contribution in [0.3, 0.4) is 0 Å². The van der Waals surface area contributed by atoms with Crippen LogP contribution in [0.2, 0.25) is 5.15 Å². The first-order chi connectivity index (χ1) is 6.59. The molecule has 1 heterocycles. The highest BCUT2D eigenvalue weighted by atomic mass is 79.9. The lowest BCUT2D eigenvalue weighted by molar-refractivity contribution is 0.538. The smallest absolute Gasteiger partial charge is 0.135 e. The van der Waals surface area contributed by atoms with Gasteiger partial charge in [-0.2, -0.15) is 5.10 Å². The zero-order valence-corrected chi connectivity index (χ0v) is 10.3. The van der Waals surface area contributed by atoms with Crippen LogP contribution in [0.25, 0.3) is 10.9 Å². The van der Waals surface area contributed by atoms with Gasteiger partial charge < -0.3 is 0 Å². The van der Waals surface area contributed by atoms with Gasteiger partial charge in [-0.15, -0.1) is 0 Å². The number of aromatic nitrogens is 2. The van der Waals surface area contributed by atoms with E-state index >= 15 is 0 Å². The Labute approximate surface area is 96.0 Å². The molecule has 4 heteroatoms. The van der Waals surface area contributed by atoms with Gasteiger partial charge in [0, 0.05) is 15.9 Å². The van der Waals surface area contributed by atoms with E-state index in [-0.39, 0.29) is 6.04 Å². The Bertz CT molecular complexity index is 476. The third kappa shape index (κ3) is 1.55. The molecular formula is C10H10BrClN2. The van der Waals surface area contributed by atoms with E-state index in [1.807, 2.05) is 22.9 Å². The molecule has 0 aliphatic carbocycles. The molecule has 2 aromatic rings. The standard InChI is InChI=1S/C10H10BrClN2/c1-6(2)14-10(12)8-5-7(11)3-4-9(8)13-14/h3-6H,1-2H3. The van der Waals surface area contributed by atoms with E-state index in [4.69, 9.17) is 11.6 Å². The van der Waals surface area contributed by atoms with Crippen molar-refractivity contribution in [3.8, 4) is 0 Å². The summed E-state index contributed by atoms with van der Waals surface area (Å²) in [7, 11) is 0. The maximum absolute atomic E-state index is 6.20. The average Bonchev–Trinajstić information content (AvgIpc) is 2.44. The maximum Gasteiger partial charge on any atom is 0.135 e. The highest BCUT2D eigenvalue weighted by Gasteiger charge is 2.10. The van der Waals surface area contributed by atoms with Crippen LogP contribution in [-0.4, -0.2) is 9.78 Å². The van der Waals surface area contributed by atoms with Crippen LogP contribution in [0.1, 0.15) is 19.9 Å². The van der Waals surface area contributed by atoms with E-state index < -0.39 is 0 Å². The molecule has 0 N–H and O–H groups in total. The van der Waals surface area contributed by atoms with Crippen LogP contribution in [-0.2, 0) is 0 Å². The Morgan fingerprint density at radius 2 is 2.14 bits per heavy atom. The fourth-order valence-corrected chi connectivity index (χ4v) is 2.13. The third-order valence-electron chi connectivity index (χ3n) is 2.09. The molecule has 1 aromatic heterocycles. The van der Waals surface area contributed by atoms with Crippen LogP contribution in [0, 0.1) is 0 Å². The van der Waals surface area contributed by atoms with Crippen molar-refractivity contribution >= 4 is 38.4 Å². The zero-order valence-electron chi connectivity index (χ0n) is 7.96. The van der Waals surface area contributed by atoms with E-state index in [2.05, 4.69) is 34.9 Å². The molecule has 0 unspecified atom stereocenters. The van der Waals surface area contributed by atoms with Crippen LogP contribution in [0.5, 0.6) is 0 Å². The van der Waals surface area contributed by atoms with E-state index in [1.165, 1.54) is 0 Å². The molecule has 0 saturated carbocycles. The summed E-state index contributed by atoms with van der Waals surface area (Å²) in [6.45, 7) is 4.12. The molecule has 0 saturated heterocycles. The molecule has 2 nitrogen and oxygen atoms in total. The Hall–Kier alpha value is -0.540. The SMILES string of the molecule is CC(C)n1nc2ccc(Br)cc2c1Cl. The van der Waals surface area contributed by atoms with Crippen molar-refractivity contribution in [1.29, 1.82) is 0 Å². The lowest BCUT2D eigenvalue weighted by Gasteiger charge is -2.05. The molecule has 0 amide bonds. The Balaban J connectivity index is 2.74. The third-order valence-corrected chi connectivity index (χ3v) is 2.96. The summed E-state index contributed by atoms with van der Waals surface area (Å²) >= 11 is 9.62. The van der Waals surface area contributed by atoms with Crippen LogP contribution in [0.4, 0.5) is 0 Å². The lowest BCUT2D eigenvalue weighted by atomic mass is 10.3. The van der Waals surface area contributed by atoms with Gasteiger partial charge >= 0.3 is 0 Å². The first-order valence-electron chi connectivity index (χ1n) is 4.43. The van der Waals surface area contributed by atoms with E-state index in [0.29, 0.717) is 5.15 Å². The number of halogens is 2. The summed E-state index contributed by atoms with van der Waals surface area (Å²) in [4.78, 5) is 0. The van der Waals surface area contributed by atoms with Gasteiger partial charge in [0.1, 0.15) is 5.15 Å². The normalized spacial score (nSPS) is 11.5.